The second-order valence-corrected chi connectivity index (χ2v) is 8.51. The number of rotatable bonds is 7. The number of nitrogens with zero attached hydrogens (tertiary/aromatic N) is 5. The molecule has 0 saturated carbocycles. The Morgan fingerprint density at radius 3 is 2.83 bits per heavy atom. The van der Waals surface area contributed by atoms with E-state index >= 15 is 0 Å². The van der Waals surface area contributed by atoms with Crippen molar-refractivity contribution in [3.05, 3.63) is 41.6 Å². The molecule has 2 heterocycles. The van der Waals surface area contributed by atoms with Gasteiger partial charge >= 0.3 is 0 Å². The lowest BCUT2D eigenvalue weighted by Crippen LogP contribution is -2.37. The lowest BCUT2D eigenvalue weighted by molar-refractivity contribution is -0.125. The van der Waals surface area contributed by atoms with Crippen molar-refractivity contribution < 1.29 is 9.53 Å². The fourth-order valence-electron chi connectivity index (χ4n) is 3.81. The van der Waals surface area contributed by atoms with Gasteiger partial charge in [0.2, 0.25) is 11.9 Å². The number of ether oxygens (including phenoxy) is 1. The smallest absolute Gasteiger partial charge is 0.236 e. The monoisotopic (exact) mass is 427 g/mol. The maximum absolute atomic E-state index is 12.7. The average molecular weight is 428 g/mol. The number of aromatic nitrogens is 3. The van der Waals surface area contributed by atoms with Gasteiger partial charge in [0.1, 0.15) is 0 Å². The quantitative estimate of drug-likeness (QED) is 0.632. The molecule has 1 aromatic carbocycles. The van der Waals surface area contributed by atoms with Crippen molar-refractivity contribution in [2.75, 3.05) is 44.0 Å². The van der Waals surface area contributed by atoms with E-state index in [4.69, 9.17) is 4.74 Å². The third kappa shape index (κ3) is 4.54. The summed E-state index contributed by atoms with van der Waals surface area (Å²) in [5.41, 5.74) is 3.42. The summed E-state index contributed by atoms with van der Waals surface area (Å²) in [5.74, 6) is 1.24. The van der Waals surface area contributed by atoms with Crippen LogP contribution in [0, 0.1) is 0 Å². The molecule has 7 nitrogen and oxygen atoms in total. The van der Waals surface area contributed by atoms with E-state index in [0.717, 1.165) is 61.3 Å². The minimum absolute atomic E-state index is 0.0953. The number of morpholine rings is 1. The first-order valence-electron chi connectivity index (χ1n) is 10.6. The minimum atomic E-state index is 0.0953. The average Bonchev–Trinajstić information content (AvgIpc) is 3.48. The van der Waals surface area contributed by atoms with E-state index in [-0.39, 0.29) is 5.91 Å². The summed E-state index contributed by atoms with van der Waals surface area (Å²) < 4.78 is 7.58. The van der Waals surface area contributed by atoms with Crippen LogP contribution in [-0.2, 0) is 16.0 Å². The molecule has 30 heavy (non-hydrogen) atoms. The third-order valence-electron chi connectivity index (χ3n) is 5.63. The van der Waals surface area contributed by atoms with Crippen LogP contribution in [0.5, 0.6) is 0 Å². The van der Waals surface area contributed by atoms with Crippen molar-refractivity contribution in [3.8, 4) is 5.69 Å². The van der Waals surface area contributed by atoms with Crippen molar-refractivity contribution in [1.29, 1.82) is 0 Å². The Labute approximate surface area is 182 Å². The molecule has 2 aliphatic rings. The molecule has 4 rings (SSSR count). The number of amides is 1. The number of benzene rings is 1. The standard InChI is InChI=1S/C22H29N5O2S/c1-3-17-7-6-10-19(15-17)27-21(26-11-13-29-14-12-26)23-24-22(27)30-16-20(28)25(2)18-8-4-5-9-18/h6-8,10,15H,3-5,9,11-14,16H2,1-2H3. The Balaban J connectivity index is 1.58. The van der Waals surface area contributed by atoms with Gasteiger partial charge < -0.3 is 14.5 Å². The van der Waals surface area contributed by atoms with Crippen molar-refractivity contribution in [2.24, 2.45) is 0 Å². The summed E-state index contributed by atoms with van der Waals surface area (Å²) in [5, 5.41) is 9.70. The van der Waals surface area contributed by atoms with Gasteiger partial charge in [0.25, 0.3) is 0 Å². The highest BCUT2D eigenvalue weighted by atomic mass is 32.2. The van der Waals surface area contributed by atoms with Gasteiger partial charge in [-0.3, -0.25) is 9.36 Å². The fraction of sp³-hybridized carbons (Fsp3) is 0.500. The third-order valence-corrected chi connectivity index (χ3v) is 6.55. The van der Waals surface area contributed by atoms with Crippen molar-refractivity contribution in [2.45, 2.75) is 37.8 Å². The van der Waals surface area contributed by atoms with Crippen molar-refractivity contribution in [3.63, 3.8) is 0 Å². The molecule has 1 saturated heterocycles. The van der Waals surface area contributed by atoms with Gasteiger partial charge in [0, 0.05) is 25.8 Å². The van der Waals surface area contributed by atoms with E-state index in [1.165, 1.54) is 17.3 Å². The summed E-state index contributed by atoms with van der Waals surface area (Å²) in [6.45, 7) is 5.08. The van der Waals surface area contributed by atoms with Gasteiger partial charge in [-0.15, -0.1) is 10.2 Å². The molecule has 1 fully saturated rings. The fourth-order valence-corrected chi connectivity index (χ4v) is 4.67. The Bertz CT molecular complexity index is 920. The number of allylic oxidation sites excluding steroid dienone is 2. The number of hydrogen-bond acceptors (Lipinski definition) is 6. The van der Waals surface area contributed by atoms with Crippen molar-refractivity contribution >= 4 is 23.6 Å². The van der Waals surface area contributed by atoms with Crippen LogP contribution in [0.25, 0.3) is 5.69 Å². The lowest BCUT2D eigenvalue weighted by atomic mass is 10.1. The predicted octanol–water partition coefficient (Wildman–Crippen LogP) is 3.28. The molecule has 1 amide bonds. The molecule has 0 N–H and O–H groups in total. The summed E-state index contributed by atoms with van der Waals surface area (Å²) in [7, 11) is 1.87. The molecule has 0 bridgehead atoms. The first kappa shape index (κ1) is 20.9. The van der Waals surface area contributed by atoms with Crippen LogP contribution in [-0.4, -0.2) is 64.7 Å². The summed E-state index contributed by atoms with van der Waals surface area (Å²) in [4.78, 5) is 16.7. The highest BCUT2D eigenvalue weighted by Crippen LogP contribution is 2.29. The van der Waals surface area contributed by atoms with Gasteiger partial charge in [-0.2, -0.15) is 0 Å². The highest BCUT2D eigenvalue weighted by Gasteiger charge is 2.23. The van der Waals surface area contributed by atoms with Gasteiger partial charge in [-0.25, -0.2) is 0 Å². The molecule has 2 aromatic rings. The zero-order valence-corrected chi connectivity index (χ0v) is 18.5. The number of aryl methyl sites for hydroxylation is 1. The Hall–Kier alpha value is -2.32. The number of carbonyl (C=O) groups is 1. The second-order valence-electron chi connectivity index (χ2n) is 7.57. The van der Waals surface area contributed by atoms with Crippen LogP contribution in [0.3, 0.4) is 0 Å². The first-order chi connectivity index (χ1) is 14.7. The van der Waals surface area contributed by atoms with Gasteiger partial charge in [-0.05, 0) is 43.4 Å². The van der Waals surface area contributed by atoms with Crippen LogP contribution >= 0.6 is 11.8 Å². The SMILES string of the molecule is CCc1cccc(-n2c(SCC(=O)N(C)C3=CCCC3)nnc2N2CCOCC2)c1. The Morgan fingerprint density at radius 2 is 2.10 bits per heavy atom. The maximum Gasteiger partial charge on any atom is 0.236 e. The lowest BCUT2D eigenvalue weighted by Gasteiger charge is -2.28. The Kier molecular flexibility index (Phi) is 6.74. The molecule has 8 heteroatoms. The molecule has 160 valence electrons. The van der Waals surface area contributed by atoms with Crippen LogP contribution in [0.2, 0.25) is 0 Å². The molecule has 1 aliphatic heterocycles. The van der Waals surface area contributed by atoms with Crippen LogP contribution in [0.4, 0.5) is 5.95 Å². The largest absolute Gasteiger partial charge is 0.378 e. The molecule has 0 spiro atoms. The second kappa shape index (κ2) is 9.66. The van der Waals surface area contributed by atoms with E-state index < -0.39 is 0 Å². The highest BCUT2D eigenvalue weighted by molar-refractivity contribution is 7.99. The molecule has 0 radical (unpaired) electrons. The minimum Gasteiger partial charge on any atom is -0.378 e. The van der Waals surface area contributed by atoms with E-state index in [1.54, 1.807) is 4.90 Å². The summed E-state index contributed by atoms with van der Waals surface area (Å²) in [6.07, 6.45) is 6.30. The number of carbonyl (C=O) groups excluding carboxylic acids is 1. The predicted molar refractivity (Wildman–Crippen MR) is 119 cm³/mol. The first-order valence-corrected chi connectivity index (χ1v) is 11.6. The van der Waals surface area contributed by atoms with E-state index in [2.05, 4.69) is 56.9 Å². The number of thioether (sulfide) groups is 1. The van der Waals surface area contributed by atoms with Gasteiger partial charge in [0.05, 0.1) is 24.7 Å². The molecule has 1 aliphatic carbocycles. The van der Waals surface area contributed by atoms with E-state index in [1.807, 2.05) is 7.05 Å². The van der Waals surface area contributed by atoms with Crippen molar-refractivity contribution in [1.82, 2.24) is 19.7 Å². The molecule has 1 aromatic heterocycles. The zero-order chi connectivity index (χ0) is 20.9. The normalized spacial score (nSPS) is 16.6. The van der Waals surface area contributed by atoms with Crippen LogP contribution < -0.4 is 4.90 Å². The summed E-state index contributed by atoms with van der Waals surface area (Å²) >= 11 is 1.45. The number of anilines is 1. The molecule has 0 unspecified atom stereocenters. The maximum atomic E-state index is 12.7. The molecule has 0 atom stereocenters. The van der Waals surface area contributed by atoms with Gasteiger partial charge in [0.15, 0.2) is 5.16 Å². The molecular formula is C22H29N5O2S. The van der Waals surface area contributed by atoms with E-state index in [0.29, 0.717) is 19.0 Å². The zero-order valence-electron chi connectivity index (χ0n) is 17.7. The topological polar surface area (TPSA) is 63.5 Å². The van der Waals surface area contributed by atoms with E-state index in [9.17, 15) is 4.79 Å². The summed E-state index contributed by atoms with van der Waals surface area (Å²) in [6, 6.07) is 8.45. The molecular weight excluding hydrogens is 398 g/mol. The van der Waals surface area contributed by atoms with Crippen LogP contribution in [0.15, 0.2) is 41.2 Å². The Morgan fingerprint density at radius 1 is 1.27 bits per heavy atom. The van der Waals surface area contributed by atoms with Gasteiger partial charge in [-0.1, -0.05) is 36.9 Å². The van der Waals surface area contributed by atoms with Crippen LogP contribution in [0.1, 0.15) is 31.7 Å². The number of hydrogen-bond donors (Lipinski definition) is 0.